The summed E-state index contributed by atoms with van der Waals surface area (Å²) in [6.45, 7) is 6.75. The third-order valence-corrected chi connectivity index (χ3v) is 6.15. The second-order valence-corrected chi connectivity index (χ2v) is 7.95. The van der Waals surface area contributed by atoms with Gasteiger partial charge in [0.15, 0.2) is 0 Å². The smallest absolute Gasteiger partial charge is 0.225 e. The van der Waals surface area contributed by atoms with Gasteiger partial charge < -0.3 is 4.90 Å². The predicted octanol–water partition coefficient (Wildman–Crippen LogP) is 2.14. The molecular formula is C16H23N3OS. The van der Waals surface area contributed by atoms with Gasteiger partial charge in [-0.3, -0.25) is 9.69 Å². The molecule has 0 aromatic carbocycles. The van der Waals surface area contributed by atoms with Crippen LogP contribution in [0.3, 0.4) is 0 Å². The van der Waals surface area contributed by atoms with Crippen molar-refractivity contribution in [2.45, 2.75) is 32.7 Å². The highest BCUT2D eigenvalue weighted by Crippen LogP contribution is 2.54. The second-order valence-electron chi connectivity index (χ2n) is 6.88. The van der Waals surface area contributed by atoms with Crippen LogP contribution in [0.5, 0.6) is 0 Å². The highest BCUT2D eigenvalue weighted by Gasteiger charge is 2.48. The molecule has 21 heavy (non-hydrogen) atoms. The highest BCUT2D eigenvalue weighted by atomic mass is 32.1. The van der Waals surface area contributed by atoms with E-state index in [9.17, 15) is 4.79 Å². The average Bonchev–Trinajstić information content (AvgIpc) is 2.90. The number of carbonyl (C=O) groups excluding carboxylic acids is 1. The summed E-state index contributed by atoms with van der Waals surface area (Å²) in [6, 6.07) is 0. The number of rotatable bonds is 3. The first kappa shape index (κ1) is 13.7. The molecule has 0 spiro atoms. The summed E-state index contributed by atoms with van der Waals surface area (Å²) in [7, 11) is 0. The van der Waals surface area contributed by atoms with Crippen LogP contribution in [0.1, 0.15) is 30.0 Å². The maximum atomic E-state index is 12.5. The molecule has 1 aliphatic heterocycles. The Kier molecular flexibility index (Phi) is 3.50. The fraction of sp³-hybridized carbons (Fsp3) is 0.750. The minimum Gasteiger partial charge on any atom is -0.340 e. The van der Waals surface area contributed by atoms with E-state index in [4.69, 9.17) is 0 Å². The normalized spacial score (nSPS) is 32.2. The van der Waals surface area contributed by atoms with E-state index in [1.54, 1.807) is 11.3 Å². The Hall–Kier alpha value is -0.940. The lowest BCUT2D eigenvalue weighted by Gasteiger charge is -2.35. The van der Waals surface area contributed by atoms with Gasteiger partial charge in [0.1, 0.15) is 0 Å². The van der Waals surface area contributed by atoms with E-state index in [0.717, 1.165) is 49.6 Å². The van der Waals surface area contributed by atoms with Crippen molar-refractivity contribution >= 4 is 17.2 Å². The van der Waals surface area contributed by atoms with Crippen molar-refractivity contribution in [3.8, 4) is 0 Å². The van der Waals surface area contributed by atoms with Gasteiger partial charge in [-0.2, -0.15) is 0 Å². The number of hydrogen-bond acceptors (Lipinski definition) is 4. The molecule has 1 amide bonds. The number of hydrogen-bond donors (Lipinski definition) is 0. The number of amides is 1. The zero-order valence-electron chi connectivity index (χ0n) is 12.6. The van der Waals surface area contributed by atoms with Crippen LogP contribution in [0.4, 0.5) is 0 Å². The summed E-state index contributed by atoms with van der Waals surface area (Å²) in [5.74, 6) is 2.58. The molecule has 1 saturated heterocycles. The van der Waals surface area contributed by atoms with Crippen LogP contribution < -0.4 is 0 Å². The fourth-order valence-corrected chi connectivity index (χ4v) is 4.61. The Labute approximate surface area is 130 Å². The van der Waals surface area contributed by atoms with E-state index >= 15 is 0 Å². The summed E-state index contributed by atoms with van der Waals surface area (Å²) < 4.78 is 0. The van der Waals surface area contributed by atoms with Gasteiger partial charge in [0, 0.05) is 44.0 Å². The molecule has 4 nitrogen and oxygen atoms in total. The molecule has 1 aromatic rings. The number of aromatic nitrogens is 1. The van der Waals surface area contributed by atoms with Gasteiger partial charge in [-0.15, -0.1) is 11.3 Å². The SMILES string of the molecule is Cc1nc(CN2CCN(C(=O)C3CC4CC4C3)CC2)cs1. The molecule has 114 valence electrons. The lowest BCUT2D eigenvalue weighted by molar-refractivity contribution is -0.137. The molecule has 4 rings (SSSR count). The summed E-state index contributed by atoms with van der Waals surface area (Å²) in [5, 5.41) is 3.29. The van der Waals surface area contributed by atoms with Crippen molar-refractivity contribution in [3.63, 3.8) is 0 Å². The Morgan fingerprint density at radius 2 is 1.95 bits per heavy atom. The van der Waals surface area contributed by atoms with E-state index in [1.165, 1.54) is 25.0 Å². The van der Waals surface area contributed by atoms with Gasteiger partial charge in [-0.1, -0.05) is 0 Å². The molecule has 0 radical (unpaired) electrons. The minimum atomic E-state index is 0.349. The zero-order valence-corrected chi connectivity index (χ0v) is 13.4. The van der Waals surface area contributed by atoms with Crippen LogP contribution in [-0.4, -0.2) is 46.9 Å². The highest BCUT2D eigenvalue weighted by molar-refractivity contribution is 7.09. The number of piperazine rings is 1. The number of aryl methyl sites for hydroxylation is 1. The molecule has 5 heteroatoms. The maximum Gasteiger partial charge on any atom is 0.225 e. The standard InChI is InChI=1S/C16H23N3OS/c1-11-17-15(10-21-11)9-18-2-4-19(5-3-18)16(20)14-7-12-6-13(12)8-14/h10,12-14H,2-9H2,1H3. The van der Waals surface area contributed by atoms with Crippen molar-refractivity contribution < 1.29 is 4.79 Å². The van der Waals surface area contributed by atoms with Gasteiger partial charge in [0.2, 0.25) is 5.91 Å². The van der Waals surface area contributed by atoms with Crippen molar-refractivity contribution in [2.75, 3.05) is 26.2 Å². The lowest BCUT2D eigenvalue weighted by atomic mass is 10.0. The first-order chi connectivity index (χ1) is 10.2. The van der Waals surface area contributed by atoms with Crippen LogP contribution in [0.25, 0.3) is 0 Å². The molecule has 3 fully saturated rings. The monoisotopic (exact) mass is 305 g/mol. The van der Waals surface area contributed by atoms with Gasteiger partial charge >= 0.3 is 0 Å². The largest absolute Gasteiger partial charge is 0.340 e. The number of thiazole rings is 1. The van der Waals surface area contributed by atoms with Gasteiger partial charge in [-0.25, -0.2) is 4.98 Å². The molecule has 3 aliphatic rings. The van der Waals surface area contributed by atoms with Crippen LogP contribution in [-0.2, 0) is 11.3 Å². The summed E-state index contributed by atoms with van der Waals surface area (Å²) in [4.78, 5) is 21.6. The average molecular weight is 305 g/mol. The first-order valence-electron chi connectivity index (χ1n) is 8.11. The molecule has 2 aliphatic carbocycles. The Morgan fingerprint density at radius 1 is 1.24 bits per heavy atom. The van der Waals surface area contributed by atoms with Gasteiger partial charge in [0.05, 0.1) is 10.7 Å². The van der Waals surface area contributed by atoms with Crippen LogP contribution in [0, 0.1) is 24.7 Å². The summed E-state index contributed by atoms with van der Waals surface area (Å²) >= 11 is 1.72. The molecule has 2 heterocycles. The topological polar surface area (TPSA) is 36.4 Å². The van der Waals surface area contributed by atoms with Crippen LogP contribution >= 0.6 is 11.3 Å². The number of nitrogens with zero attached hydrogens (tertiary/aromatic N) is 3. The lowest BCUT2D eigenvalue weighted by Crippen LogP contribution is -2.49. The van der Waals surface area contributed by atoms with Crippen LogP contribution in [0.2, 0.25) is 0 Å². The Balaban J connectivity index is 1.27. The third-order valence-electron chi connectivity index (χ3n) is 5.33. The molecule has 2 unspecified atom stereocenters. The zero-order chi connectivity index (χ0) is 14.4. The second kappa shape index (κ2) is 5.36. The molecule has 1 aromatic heterocycles. The molecule has 0 N–H and O–H groups in total. The number of fused-ring (bicyclic) bond motifs is 1. The molecule has 0 bridgehead atoms. The molecular weight excluding hydrogens is 282 g/mol. The van der Waals surface area contributed by atoms with Crippen molar-refractivity contribution in [1.29, 1.82) is 0 Å². The van der Waals surface area contributed by atoms with E-state index in [0.29, 0.717) is 11.8 Å². The van der Waals surface area contributed by atoms with Crippen molar-refractivity contribution in [1.82, 2.24) is 14.8 Å². The van der Waals surface area contributed by atoms with Gasteiger partial charge in [0.25, 0.3) is 0 Å². The van der Waals surface area contributed by atoms with E-state index < -0.39 is 0 Å². The third kappa shape index (κ3) is 2.86. The molecule has 2 atom stereocenters. The van der Waals surface area contributed by atoms with E-state index in [-0.39, 0.29) is 0 Å². The quantitative estimate of drug-likeness (QED) is 0.858. The van der Waals surface area contributed by atoms with Crippen LogP contribution in [0.15, 0.2) is 5.38 Å². The number of carbonyl (C=O) groups is 1. The predicted molar refractivity (Wildman–Crippen MR) is 83.0 cm³/mol. The van der Waals surface area contributed by atoms with E-state index in [1.807, 2.05) is 0 Å². The Bertz CT molecular complexity index is 525. The minimum absolute atomic E-state index is 0.349. The first-order valence-corrected chi connectivity index (χ1v) is 8.99. The Morgan fingerprint density at radius 3 is 2.57 bits per heavy atom. The van der Waals surface area contributed by atoms with Crippen molar-refractivity contribution in [2.24, 2.45) is 17.8 Å². The van der Waals surface area contributed by atoms with E-state index in [2.05, 4.69) is 27.1 Å². The van der Waals surface area contributed by atoms with Gasteiger partial charge in [-0.05, 0) is 38.0 Å². The molecule has 2 saturated carbocycles. The van der Waals surface area contributed by atoms with Crippen molar-refractivity contribution in [3.05, 3.63) is 16.1 Å². The maximum absolute atomic E-state index is 12.5. The summed E-state index contributed by atoms with van der Waals surface area (Å²) in [6.07, 6.45) is 3.73. The summed E-state index contributed by atoms with van der Waals surface area (Å²) in [5.41, 5.74) is 1.17. The fourth-order valence-electron chi connectivity index (χ4n) is 4.01.